The van der Waals surface area contributed by atoms with Gasteiger partial charge in [0, 0.05) is 12.1 Å². The largest absolute Gasteiger partial charge is 0.464 e. The maximum atomic E-state index is 11.6. The summed E-state index contributed by atoms with van der Waals surface area (Å²) in [6, 6.07) is 5.25. The first kappa shape index (κ1) is 11.8. The molecule has 1 amide bonds. The molecule has 15 heavy (non-hydrogen) atoms. The predicted molar refractivity (Wildman–Crippen MR) is 54.4 cm³/mol. The van der Waals surface area contributed by atoms with Crippen molar-refractivity contribution in [3.8, 4) is 0 Å². The highest BCUT2D eigenvalue weighted by molar-refractivity contribution is 7.89. The van der Waals surface area contributed by atoms with Gasteiger partial charge in [-0.3, -0.25) is 0 Å². The van der Waals surface area contributed by atoms with Crippen LogP contribution in [0.15, 0.2) is 29.2 Å². The Morgan fingerprint density at radius 3 is 2.20 bits per heavy atom. The van der Waals surface area contributed by atoms with E-state index in [1.807, 2.05) is 0 Å². The molecule has 0 saturated heterocycles. The highest BCUT2D eigenvalue weighted by Gasteiger charge is 2.24. The SMILES string of the molecule is CN(C(=O)O)S(=O)(=O)c1ccc(Cl)cc1. The van der Waals surface area contributed by atoms with E-state index >= 15 is 0 Å². The van der Waals surface area contributed by atoms with Gasteiger partial charge in [0.05, 0.1) is 4.90 Å². The van der Waals surface area contributed by atoms with Gasteiger partial charge in [-0.15, -0.1) is 0 Å². The Labute approximate surface area is 91.9 Å². The molecule has 1 aromatic carbocycles. The quantitative estimate of drug-likeness (QED) is 0.865. The van der Waals surface area contributed by atoms with Gasteiger partial charge in [-0.05, 0) is 24.3 Å². The highest BCUT2D eigenvalue weighted by atomic mass is 35.5. The Kier molecular flexibility index (Phi) is 3.21. The Morgan fingerprint density at radius 1 is 1.33 bits per heavy atom. The minimum atomic E-state index is -3.98. The molecule has 0 aliphatic carbocycles. The van der Waals surface area contributed by atoms with Crippen LogP contribution in [0.2, 0.25) is 5.02 Å². The number of hydrogen-bond acceptors (Lipinski definition) is 3. The lowest BCUT2D eigenvalue weighted by Crippen LogP contribution is -2.31. The standard InChI is InChI=1S/C8H8ClNO4S/c1-10(8(11)12)15(13,14)7-4-2-6(9)3-5-7/h2-5H,1H3,(H,11,12). The number of hydrogen-bond donors (Lipinski definition) is 1. The molecule has 1 rings (SSSR count). The number of carboxylic acid groups (broad SMARTS) is 1. The highest BCUT2D eigenvalue weighted by Crippen LogP contribution is 2.17. The van der Waals surface area contributed by atoms with Gasteiger partial charge in [-0.1, -0.05) is 11.6 Å². The number of benzene rings is 1. The van der Waals surface area contributed by atoms with E-state index in [4.69, 9.17) is 16.7 Å². The third-order valence-electron chi connectivity index (χ3n) is 1.74. The summed E-state index contributed by atoms with van der Waals surface area (Å²) in [5.41, 5.74) is 0. The van der Waals surface area contributed by atoms with Crippen LogP contribution in [0.3, 0.4) is 0 Å². The number of carbonyl (C=O) groups is 1. The summed E-state index contributed by atoms with van der Waals surface area (Å²) in [6.45, 7) is 0. The molecule has 0 radical (unpaired) electrons. The van der Waals surface area contributed by atoms with Crippen LogP contribution < -0.4 is 0 Å². The van der Waals surface area contributed by atoms with Crippen molar-refractivity contribution in [2.24, 2.45) is 0 Å². The smallest absolute Gasteiger partial charge is 0.421 e. The fraction of sp³-hybridized carbons (Fsp3) is 0.125. The van der Waals surface area contributed by atoms with Crippen LogP contribution in [0.25, 0.3) is 0 Å². The maximum Gasteiger partial charge on any atom is 0.421 e. The molecule has 0 fully saturated rings. The molecule has 0 aliphatic heterocycles. The fourth-order valence-corrected chi connectivity index (χ4v) is 2.00. The molecule has 0 atom stereocenters. The van der Waals surface area contributed by atoms with Crippen molar-refractivity contribution in [2.75, 3.05) is 7.05 Å². The molecule has 0 spiro atoms. The van der Waals surface area contributed by atoms with Crippen molar-refractivity contribution in [2.45, 2.75) is 4.90 Å². The van der Waals surface area contributed by atoms with Gasteiger partial charge in [-0.2, -0.15) is 0 Å². The molecular formula is C8H8ClNO4S. The van der Waals surface area contributed by atoms with Gasteiger partial charge in [0.2, 0.25) is 0 Å². The predicted octanol–water partition coefficient (Wildman–Crippen LogP) is 1.64. The second kappa shape index (κ2) is 4.08. The maximum absolute atomic E-state index is 11.6. The molecule has 1 aromatic rings. The summed E-state index contributed by atoms with van der Waals surface area (Å²) in [7, 11) is -3.02. The van der Waals surface area contributed by atoms with Gasteiger partial charge in [0.25, 0.3) is 10.0 Å². The van der Waals surface area contributed by atoms with Crippen molar-refractivity contribution in [3.63, 3.8) is 0 Å². The molecule has 0 bridgehead atoms. The van der Waals surface area contributed by atoms with Crippen LogP contribution in [0.1, 0.15) is 0 Å². The summed E-state index contributed by atoms with van der Waals surface area (Å²) in [4.78, 5) is 10.4. The van der Waals surface area contributed by atoms with Gasteiger partial charge in [-0.25, -0.2) is 17.5 Å². The van der Waals surface area contributed by atoms with Crippen molar-refractivity contribution >= 4 is 27.7 Å². The molecule has 5 nitrogen and oxygen atoms in total. The zero-order chi connectivity index (χ0) is 11.6. The Hall–Kier alpha value is -1.27. The monoisotopic (exact) mass is 249 g/mol. The summed E-state index contributed by atoms with van der Waals surface area (Å²) < 4.78 is 23.4. The van der Waals surface area contributed by atoms with Crippen molar-refractivity contribution < 1.29 is 18.3 Å². The zero-order valence-electron chi connectivity index (χ0n) is 7.71. The average Bonchev–Trinajstić information content (AvgIpc) is 2.17. The van der Waals surface area contributed by atoms with Crippen LogP contribution in [-0.2, 0) is 10.0 Å². The summed E-state index contributed by atoms with van der Waals surface area (Å²) >= 11 is 5.58. The molecule has 0 aliphatic rings. The summed E-state index contributed by atoms with van der Waals surface area (Å²) in [6.07, 6.45) is -1.54. The van der Waals surface area contributed by atoms with E-state index in [0.29, 0.717) is 5.02 Å². The zero-order valence-corrected chi connectivity index (χ0v) is 9.29. The normalized spacial score (nSPS) is 11.1. The molecule has 0 aromatic heterocycles. The number of halogens is 1. The first-order valence-corrected chi connectivity index (χ1v) is 5.65. The van der Waals surface area contributed by atoms with Crippen LogP contribution in [0, 0.1) is 0 Å². The van der Waals surface area contributed by atoms with Crippen LogP contribution in [-0.4, -0.2) is 31.0 Å². The first-order chi connectivity index (χ1) is 6.85. The second-order valence-electron chi connectivity index (χ2n) is 2.71. The minimum absolute atomic E-state index is 0.114. The Morgan fingerprint density at radius 2 is 1.80 bits per heavy atom. The number of amides is 1. The lowest BCUT2D eigenvalue weighted by atomic mass is 10.4. The molecule has 82 valence electrons. The van der Waals surface area contributed by atoms with E-state index in [2.05, 4.69) is 0 Å². The van der Waals surface area contributed by atoms with Crippen LogP contribution in [0.5, 0.6) is 0 Å². The van der Waals surface area contributed by atoms with E-state index in [1.165, 1.54) is 24.3 Å². The first-order valence-electron chi connectivity index (χ1n) is 3.83. The average molecular weight is 250 g/mol. The molecule has 7 heteroatoms. The van der Waals surface area contributed by atoms with Crippen LogP contribution in [0.4, 0.5) is 4.79 Å². The van der Waals surface area contributed by atoms with Gasteiger partial charge in [0.1, 0.15) is 0 Å². The molecule has 0 heterocycles. The third kappa shape index (κ3) is 2.40. The van der Waals surface area contributed by atoms with E-state index in [1.54, 1.807) is 0 Å². The number of sulfonamides is 1. The fourth-order valence-electron chi connectivity index (χ4n) is 0.867. The third-order valence-corrected chi connectivity index (χ3v) is 3.74. The van der Waals surface area contributed by atoms with E-state index in [-0.39, 0.29) is 9.20 Å². The summed E-state index contributed by atoms with van der Waals surface area (Å²) in [5, 5.41) is 8.94. The number of rotatable bonds is 2. The lowest BCUT2D eigenvalue weighted by molar-refractivity contribution is 0.178. The number of nitrogens with zero attached hydrogens (tertiary/aromatic N) is 1. The van der Waals surface area contributed by atoms with E-state index in [9.17, 15) is 13.2 Å². The molecule has 1 N–H and O–H groups in total. The minimum Gasteiger partial charge on any atom is -0.464 e. The van der Waals surface area contributed by atoms with Gasteiger partial charge >= 0.3 is 6.09 Å². The lowest BCUT2D eigenvalue weighted by Gasteiger charge is -2.13. The Bertz CT molecular complexity index is 468. The molecular weight excluding hydrogens is 242 g/mol. The Balaban J connectivity index is 3.17. The molecule has 0 unspecified atom stereocenters. The van der Waals surface area contributed by atoms with Crippen LogP contribution >= 0.6 is 11.6 Å². The van der Waals surface area contributed by atoms with Gasteiger partial charge < -0.3 is 5.11 Å². The van der Waals surface area contributed by atoms with E-state index < -0.39 is 16.1 Å². The topological polar surface area (TPSA) is 74.7 Å². The molecule has 0 saturated carbocycles. The second-order valence-corrected chi connectivity index (χ2v) is 5.11. The van der Waals surface area contributed by atoms with Gasteiger partial charge in [0.15, 0.2) is 0 Å². The van der Waals surface area contributed by atoms with Crippen molar-refractivity contribution in [1.29, 1.82) is 0 Å². The van der Waals surface area contributed by atoms with E-state index in [0.717, 1.165) is 7.05 Å². The van der Waals surface area contributed by atoms with Crippen molar-refractivity contribution in [1.82, 2.24) is 4.31 Å². The van der Waals surface area contributed by atoms with Crippen molar-refractivity contribution in [3.05, 3.63) is 29.3 Å². The summed E-state index contributed by atoms with van der Waals surface area (Å²) in [5.74, 6) is 0.